The van der Waals surface area contributed by atoms with Gasteiger partial charge in [0.25, 0.3) is 5.91 Å². The van der Waals surface area contributed by atoms with Crippen LogP contribution < -0.4 is 4.74 Å². The van der Waals surface area contributed by atoms with Gasteiger partial charge >= 0.3 is 0 Å². The molecule has 1 saturated carbocycles. The lowest BCUT2D eigenvalue weighted by Gasteiger charge is -2.41. The fourth-order valence-corrected chi connectivity index (χ4v) is 5.20. The summed E-state index contributed by atoms with van der Waals surface area (Å²) in [5.41, 5.74) is 0.605. The van der Waals surface area contributed by atoms with Crippen LogP contribution in [-0.2, 0) is 4.79 Å². The molecule has 5 nitrogen and oxygen atoms in total. The third kappa shape index (κ3) is 7.22. The molecule has 0 radical (unpaired) electrons. The molecule has 5 heteroatoms. The van der Waals surface area contributed by atoms with Crippen molar-refractivity contribution in [3.05, 3.63) is 29.8 Å². The number of hydrogen-bond acceptors (Lipinski definition) is 3. The predicted octanol–water partition coefficient (Wildman–Crippen LogP) is 6.07. The number of nitrogens with zero attached hydrogens (tertiary/aromatic N) is 2. The lowest BCUT2D eigenvalue weighted by molar-refractivity contribution is -0.138. The summed E-state index contributed by atoms with van der Waals surface area (Å²) in [6.45, 7) is 10.7. The highest BCUT2D eigenvalue weighted by Crippen LogP contribution is 2.32. The van der Waals surface area contributed by atoms with E-state index in [1.54, 1.807) is 0 Å². The molecule has 1 aromatic carbocycles. The molecule has 33 heavy (non-hydrogen) atoms. The van der Waals surface area contributed by atoms with E-state index in [4.69, 9.17) is 4.74 Å². The normalized spacial score (nSPS) is 23.6. The van der Waals surface area contributed by atoms with Gasteiger partial charge in [0.1, 0.15) is 11.9 Å². The molecule has 1 fully saturated rings. The van der Waals surface area contributed by atoms with Gasteiger partial charge in [-0.15, -0.1) is 0 Å². The molecule has 1 aliphatic carbocycles. The summed E-state index contributed by atoms with van der Waals surface area (Å²) in [6, 6.07) is 7.74. The molecule has 2 amide bonds. The van der Waals surface area contributed by atoms with Crippen molar-refractivity contribution in [1.29, 1.82) is 0 Å². The number of benzene rings is 1. The average Bonchev–Trinajstić information content (AvgIpc) is 2.77. The summed E-state index contributed by atoms with van der Waals surface area (Å²) in [4.78, 5) is 30.9. The van der Waals surface area contributed by atoms with E-state index >= 15 is 0 Å². The second kappa shape index (κ2) is 11.9. The van der Waals surface area contributed by atoms with Gasteiger partial charge in [-0.25, -0.2) is 0 Å². The molecule has 0 spiro atoms. The van der Waals surface area contributed by atoms with Crippen molar-refractivity contribution in [3.8, 4) is 5.75 Å². The second-order valence-corrected chi connectivity index (χ2v) is 11.0. The number of para-hydroxylation sites is 1. The minimum absolute atomic E-state index is 0.0399. The van der Waals surface area contributed by atoms with Crippen LogP contribution in [-0.4, -0.2) is 53.4 Å². The minimum Gasteiger partial charge on any atom is -0.487 e. The molecular weight excluding hydrogens is 412 g/mol. The summed E-state index contributed by atoms with van der Waals surface area (Å²) in [5.74, 6) is 0.959. The van der Waals surface area contributed by atoms with E-state index < -0.39 is 0 Å². The first kappa shape index (κ1) is 25.6. The Labute approximate surface area is 200 Å². The van der Waals surface area contributed by atoms with Gasteiger partial charge in [-0.1, -0.05) is 58.6 Å². The maximum atomic E-state index is 13.5. The van der Waals surface area contributed by atoms with E-state index in [0.29, 0.717) is 24.3 Å². The largest absolute Gasteiger partial charge is 0.487 e. The molecular formula is C28H44N2O3. The number of rotatable bonds is 2. The first-order valence-corrected chi connectivity index (χ1v) is 13.1. The quantitative estimate of drug-likeness (QED) is 0.543. The van der Waals surface area contributed by atoms with Gasteiger partial charge in [-0.3, -0.25) is 9.59 Å². The third-order valence-corrected chi connectivity index (χ3v) is 6.96. The summed E-state index contributed by atoms with van der Waals surface area (Å²) >= 11 is 0. The zero-order chi connectivity index (χ0) is 23.8. The van der Waals surface area contributed by atoms with Gasteiger partial charge in [0.05, 0.1) is 11.6 Å². The highest BCUT2D eigenvalue weighted by molar-refractivity contribution is 5.97. The summed E-state index contributed by atoms with van der Waals surface area (Å²) in [5, 5.41) is 0. The molecule has 0 N–H and O–H groups in total. The Morgan fingerprint density at radius 2 is 1.64 bits per heavy atom. The average molecular weight is 457 g/mol. The minimum atomic E-state index is -0.0724. The van der Waals surface area contributed by atoms with Crippen LogP contribution in [0.3, 0.4) is 0 Å². The molecule has 0 unspecified atom stereocenters. The zero-order valence-corrected chi connectivity index (χ0v) is 21.3. The van der Waals surface area contributed by atoms with Crippen LogP contribution in [0.4, 0.5) is 0 Å². The molecule has 0 saturated heterocycles. The van der Waals surface area contributed by atoms with Gasteiger partial charge in [0.2, 0.25) is 5.91 Å². The fraction of sp³-hybridized carbons (Fsp3) is 0.714. The number of hydrogen-bond donors (Lipinski definition) is 0. The fourth-order valence-electron chi connectivity index (χ4n) is 5.20. The van der Waals surface area contributed by atoms with Crippen LogP contribution >= 0.6 is 0 Å². The lowest BCUT2D eigenvalue weighted by Crippen LogP contribution is -2.51. The Kier molecular flexibility index (Phi) is 9.22. The van der Waals surface area contributed by atoms with Gasteiger partial charge in [0.15, 0.2) is 0 Å². The molecule has 3 rings (SSSR count). The number of ether oxygens (including phenoxy) is 1. The predicted molar refractivity (Wildman–Crippen MR) is 134 cm³/mol. The molecule has 1 heterocycles. The Morgan fingerprint density at radius 3 is 2.36 bits per heavy atom. The van der Waals surface area contributed by atoms with Crippen molar-refractivity contribution < 1.29 is 14.3 Å². The standard InChI is InChI=1S/C28H44N2O3/c1-5-29-19-13-7-6-8-14-20-30(26(31)21-28(2,3)4)23-16-10-12-18-25(23)33-24-17-11-9-15-22(24)27(29)32/h9,11,15,17,23,25H,5-8,10,12-14,16,18-21H2,1-4H3/t23-,25+/m1/s1. The van der Waals surface area contributed by atoms with E-state index in [2.05, 4.69) is 25.7 Å². The van der Waals surface area contributed by atoms with Crippen molar-refractivity contribution in [1.82, 2.24) is 9.80 Å². The molecule has 1 aliphatic heterocycles. The smallest absolute Gasteiger partial charge is 0.257 e. The highest BCUT2D eigenvalue weighted by Gasteiger charge is 2.36. The molecule has 1 aromatic rings. The number of carbonyl (C=O) groups is 2. The van der Waals surface area contributed by atoms with Crippen molar-refractivity contribution in [2.45, 2.75) is 104 Å². The van der Waals surface area contributed by atoms with Gasteiger partial charge < -0.3 is 14.5 Å². The van der Waals surface area contributed by atoms with Gasteiger partial charge in [0, 0.05) is 26.1 Å². The van der Waals surface area contributed by atoms with Crippen molar-refractivity contribution >= 4 is 11.8 Å². The second-order valence-electron chi connectivity index (χ2n) is 11.0. The highest BCUT2D eigenvalue weighted by atomic mass is 16.5. The van der Waals surface area contributed by atoms with Crippen LogP contribution in [0.25, 0.3) is 0 Å². The Balaban J connectivity index is 1.92. The topological polar surface area (TPSA) is 49.9 Å². The summed E-state index contributed by atoms with van der Waals surface area (Å²) in [7, 11) is 0. The molecule has 184 valence electrons. The van der Waals surface area contributed by atoms with Crippen LogP contribution in [0.1, 0.15) is 102 Å². The molecule has 2 aliphatic rings. The van der Waals surface area contributed by atoms with E-state index in [1.165, 1.54) is 0 Å². The van der Waals surface area contributed by atoms with Crippen molar-refractivity contribution in [2.24, 2.45) is 5.41 Å². The maximum Gasteiger partial charge on any atom is 0.257 e. The van der Waals surface area contributed by atoms with Crippen LogP contribution in [0.5, 0.6) is 5.75 Å². The SMILES string of the molecule is CCN1CCCCCCCN(C(=O)CC(C)(C)C)[C@@H]2CCCC[C@@H]2Oc2ccccc2C1=O. The Hall–Kier alpha value is -2.04. The molecule has 2 atom stereocenters. The van der Waals surface area contributed by atoms with Crippen molar-refractivity contribution in [3.63, 3.8) is 0 Å². The summed E-state index contributed by atoms with van der Waals surface area (Å²) in [6.07, 6.45) is 10.0. The monoisotopic (exact) mass is 456 g/mol. The zero-order valence-electron chi connectivity index (χ0n) is 21.3. The lowest BCUT2D eigenvalue weighted by atomic mass is 9.88. The molecule has 0 aromatic heterocycles. The maximum absolute atomic E-state index is 13.5. The number of amides is 2. The van der Waals surface area contributed by atoms with E-state index in [-0.39, 0.29) is 29.4 Å². The Morgan fingerprint density at radius 1 is 0.970 bits per heavy atom. The molecule has 0 bridgehead atoms. The van der Waals surface area contributed by atoms with Crippen LogP contribution in [0.15, 0.2) is 24.3 Å². The van der Waals surface area contributed by atoms with E-state index in [0.717, 1.165) is 70.9 Å². The summed E-state index contributed by atoms with van der Waals surface area (Å²) < 4.78 is 6.61. The Bertz CT molecular complexity index is 786. The van der Waals surface area contributed by atoms with E-state index in [9.17, 15) is 9.59 Å². The first-order valence-electron chi connectivity index (χ1n) is 13.1. The third-order valence-electron chi connectivity index (χ3n) is 6.96. The van der Waals surface area contributed by atoms with Crippen molar-refractivity contribution in [2.75, 3.05) is 19.6 Å². The van der Waals surface area contributed by atoms with Crippen LogP contribution in [0.2, 0.25) is 0 Å². The van der Waals surface area contributed by atoms with Crippen LogP contribution in [0, 0.1) is 5.41 Å². The van der Waals surface area contributed by atoms with E-state index in [1.807, 2.05) is 36.1 Å². The first-order chi connectivity index (χ1) is 15.8. The van der Waals surface area contributed by atoms with Gasteiger partial charge in [-0.2, -0.15) is 0 Å². The number of fused-ring (bicyclic) bond motifs is 2. The number of carbonyl (C=O) groups excluding carboxylic acids is 2. The van der Waals surface area contributed by atoms with Gasteiger partial charge in [-0.05, 0) is 56.6 Å².